The summed E-state index contributed by atoms with van der Waals surface area (Å²) in [6.45, 7) is 21.2. The van der Waals surface area contributed by atoms with Gasteiger partial charge in [-0.3, -0.25) is 9.59 Å². The third-order valence-corrected chi connectivity index (χ3v) is 9.32. The first-order chi connectivity index (χ1) is 28.1. The molecule has 0 heterocycles. The number of benzene rings is 2. The normalized spacial score (nSPS) is 14.4. The average Bonchev–Trinajstić information content (AvgIpc) is 3.13. The highest BCUT2D eigenvalue weighted by Crippen LogP contribution is 2.27. The van der Waals surface area contributed by atoms with Crippen LogP contribution in [-0.4, -0.2) is 78.0 Å². The summed E-state index contributed by atoms with van der Waals surface area (Å²) in [7, 11) is 1.49. The van der Waals surface area contributed by atoms with Gasteiger partial charge in [0.05, 0.1) is 24.2 Å². The van der Waals surface area contributed by atoms with Gasteiger partial charge in [0.25, 0.3) is 0 Å². The van der Waals surface area contributed by atoms with Gasteiger partial charge in [0.2, 0.25) is 11.8 Å². The van der Waals surface area contributed by atoms with E-state index in [9.17, 15) is 29.1 Å². The molecule has 4 atom stereocenters. The Bertz CT molecular complexity index is 1850. The lowest BCUT2D eigenvalue weighted by Crippen LogP contribution is -2.54. The lowest BCUT2D eigenvalue weighted by molar-refractivity contribution is -0.156. The highest BCUT2D eigenvalue weighted by atomic mass is 35.5. The van der Waals surface area contributed by atoms with Crippen molar-refractivity contribution < 1.29 is 48.0 Å². The van der Waals surface area contributed by atoms with Gasteiger partial charge in [-0.1, -0.05) is 87.9 Å². The maximum atomic E-state index is 14.1. The molecule has 3 amide bonds. The summed E-state index contributed by atoms with van der Waals surface area (Å²) in [5.41, 5.74) is -0.864. The summed E-state index contributed by atoms with van der Waals surface area (Å²) < 4.78 is 22.2. The van der Waals surface area contributed by atoms with Crippen LogP contribution in [0.5, 0.6) is 5.75 Å². The van der Waals surface area contributed by atoms with Crippen LogP contribution in [0, 0.1) is 16.7 Å². The van der Waals surface area contributed by atoms with E-state index in [-0.39, 0.29) is 38.3 Å². The number of hydrogen-bond acceptors (Lipinski definition) is 10. The molecule has 0 saturated carbocycles. The molecular formula is C47H68ClN3O10. The van der Waals surface area contributed by atoms with Gasteiger partial charge >= 0.3 is 18.0 Å². The minimum Gasteiger partial charge on any atom is -0.495 e. The van der Waals surface area contributed by atoms with E-state index in [1.807, 2.05) is 64.1 Å². The van der Waals surface area contributed by atoms with Crippen molar-refractivity contribution in [3.8, 4) is 5.75 Å². The van der Waals surface area contributed by atoms with E-state index in [0.29, 0.717) is 16.3 Å². The van der Waals surface area contributed by atoms with Crippen LogP contribution in [0.4, 0.5) is 4.79 Å². The van der Waals surface area contributed by atoms with Crippen LogP contribution in [0.3, 0.4) is 0 Å². The van der Waals surface area contributed by atoms with Crippen LogP contribution in [-0.2, 0) is 46.4 Å². The second-order valence-electron chi connectivity index (χ2n) is 19.0. The zero-order valence-electron chi connectivity index (χ0n) is 38.2. The van der Waals surface area contributed by atoms with Gasteiger partial charge in [-0.05, 0) is 96.0 Å². The fourth-order valence-electron chi connectivity index (χ4n) is 5.76. The second kappa shape index (κ2) is 22.8. The molecule has 338 valence electrons. The summed E-state index contributed by atoms with van der Waals surface area (Å²) in [6.07, 6.45) is 5.61. The topological polar surface area (TPSA) is 179 Å². The van der Waals surface area contributed by atoms with Crippen LogP contribution in [0.2, 0.25) is 5.02 Å². The third kappa shape index (κ3) is 20.0. The largest absolute Gasteiger partial charge is 0.495 e. The maximum absolute atomic E-state index is 14.1. The molecule has 0 bridgehead atoms. The van der Waals surface area contributed by atoms with E-state index in [1.54, 1.807) is 79.7 Å². The lowest BCUT2D eigenvalue weighted by atomic mass is 9.86. The number of methoxy groups -OCH3 is 1. The van der Waals surface area contributed by atoms with E-state index in [4.69, 9.17) is 30.5 Å². The number of halogens is 1. The Morgan fingerprint density at radius 2 is 1.43 bits per heavy atom. The molecule has 61 heavy (non-hydrogen) atoms. The Labute approximate surface area is 367 Å². The molecule has 4 N–H and O–H groups in total. The van der Waals surface area contributed by atoms with Gasteiger partial charge in [-0.15, -0.1) is 0 Å². The number of amides is 3. The lowest BCUT2D eigenvalue weighted by Gasteiger charge is -2.32. The fraction of sp³-hybridized carbons (Fsp3) is 0.553. The van der Waals surface area contributed by atoms with Crippen molar-refractivity contribution in [1.29, 1.82) is 0 Å². The first kappa shape index (κ1) is 52.3. The Hall–Kier alpha value is -4.88. The summed E-state index contributed by atoms with van der Waals surface area (Å²) in [5.74, 6) is -2.17. The number of carbonyl (C=O) groups is 5. The van der Waals surface area contributed by atoms with Gasteiger partial charge < -0.3 is 40.0 Å². The Morgan fingerprint density at radius 3 is 1.97 bits per heavy atom. The summed E-state index contributed by atoms with van der Waals surface area (Å²) in [4.78, 5) is 67.0. The average molecular weight is 871 g/mol. The summed E-state index contributed by atoms with van der Waals surface area (Å²) >= 11 is 6.34. The number of carbonyl (C=O) groups excluding carboxylic acids is 5. The third-order valence-electron chi connectivity index (χ3n) is 9.03. The highest BCUT2D eigenvalue weighted by molar-refractivity contribution is 6.32. The van der Waals surface area contributed by atoms with Gasteiger partial charge in [0, 0.05) is 31.4 Å². The number of alkyl carbamates (subject to hydrolysis) is 1. The van der Waals surface area contributed by atoms with Crippen LogP contribution >= 0.6 is 11.6 Å². The van der Waals surface area contributed by atoms with Crippen molar-refractivity contribution >= 4 is 47.5 Å². The van der Waals surface area contributed by atoms with Crippen LogP contribution in [0.1, 0.15) is 113 Å². The molecule has 0 fully saturated rings. The fourth-order valence-corrected chi connectivity index (χ4v) is 6.04. The van der Waals surface area contributed by atoms with E-state index < -0.39 is 70.1 Å². The summed E-state index contributed by atoms with van der Waals surface area (Å²) in [5, 5.41) is 18.1. The number of rotatable bonds is 19. The predicted octanol–water partition coefficient (Wildman–Crippen LogP) is 7.89. The SMILES string of the molecule is COc1ccc(C[C@H](NC(=O)OC(C)(C)C)C(=O)NCC(C)(C)C(=O)N[C@@H](CC(C)(C)C)C(=O)O[C@@H](C/C=C/C(=O)OC(C)(C)C)[C@@H](C)/C=C/c2ccc(CO)cc2)cc1Cl. The van der Waals surface area contributed by atoms with Crippen molar-refractivity contribution in [2.45, 2.75) is 138 Å². The summed E-state index contributed by atoms with van der Waals surface area (Å²) in [6, 6.07) is 10.2. The molecule has 0 radical (unpaired) electrons. The van der Waals surface area contributed by atoms with Gasteiger partial charge in [0.1, 0.15) is 35.1 Å². The van der Waals surface area contributed by atoms with Crippen LogP contribution in [0.15, 0.2) is 60.7 Å². The first-order valence-electron chi connectivity index (χ1n) is 20.5. The number of esters is 2. The minimum atomic E-state index is -1.23. The van der Waals surface area contributed by atoms with Gasteiger partial charge in [-0.2, -0.15) is 0 Å². The van der Waals surface area contributed by atoms with Gasteiger partial charge in [0.15, 0.2) is 0 Å². The number of ether oxygens (including phenoxy) is 4. The molecule has 0 spiro atoms. The number of hydrogen-bond donors (Lipinski definition) is 4. The first-order valence-corrected chi connectivity index (χ1v) is 20.9. The smallest absolute Gasteiger partial charge is 0.408 e. The van der Waals surface area contributed by atoms with Crippen LogP contribution < -0.4 is 20.7 Å². The Morgan fingerprint density at radius 1 is 0.820 bits per heavy atom. The molecule has 0 aliphatic heterocycles. The van der Waals surface area contributed by atoms with E-state index in [1.165, 1.54) is 13.2 Å². The van der Waals surface area contributed by atoms with E-state index >= 15 is 0 Å². The van der Waals surface area contributed by atoms with Crippen molar-refractivity contribution in [2.75, 3.05) is 13.7 Å². The predicted molar refractivity (Wildman–Crippen MR) is 238 cm³/mol. The minimum absolute atomic E-state index is 0.0542. The standard InChI is InChI=1S/C47H68ClN3O10/c1-30(17-18-31-19-21-32(28-52)22-20-31)37(15-14-16-39(53)60-45(5,6)7)59-41(55)36(27-44(2,3)4)50-42(56)47(11,12)29-49-40(54)35(51-43(57)61-46(8,9)10)26-33-23-24-38(58-13)34(48)25-33/h14,16-25,30,35-37,52H,15,26-29H2,1-13H3,(H,49,54)(H,50,56)(H,51,57)/b16-14+,18-17+/t30-,35-,36-,37-/m0/s1. The Kier molecular flexibility index (Phi) is 19.5. The number of aliphatic hydroxyl groups is 1. The van der Waals surface area contributed by atoms with Crippen molar-refractivity contribution in [1.82, 2.24) is 16.0 Å². The molecule has 0 aliphatic carbocycles. The van der Waals surface area contributed by atoms with Crippen molar-refractivity contribution in [2.24, 2.45) is 16.7 Å². The molecule has 0 unspecified atom stereocenters. The Balaban J connectivity index is 2.32. The van der Waals surface area contributed by atoms with Crippen molar-refractivity contribution in [3.63, 3.8) is 0 Å². The van der Waals surface area contributed by atoms with Crippen molar-refractivity contribution in [3.05, 3.63) is 82.4 Å². The number of aliphatic hydroxyl groups excluding tert-OH is 1. The quantitative estimate of drug-likeness (QED) is 0.0617. The molecule has 2 aromatic carbocycles. The highest BCUT2D eigenvalue weighted by Gasteiger charge is 2.36. The van der Waals surface area contributed by atoms with E-state index in [0.717, 1.165) is 11.1 Å². The monoisotopic (exact) mass is 869 g/mol. The molecule has 2 rings (SSSR count). The molecule has 0 saturated heterocycles. The number of nitrogens with one attached hydrogen (secondary N) is 3. The molecule has 0 aliphatic rings. The maximum Gasteiger partial charge on any atom is 0.408 e. The van der Waals surface area contributed by atoms with Crippen LogP contribution in [0.25, 0.3) is 6.08 Å². The molecule has 14 heteroatoms. The molecule has 13 nitrogen and oxygen atoms in total. The zero-order valence-corrected chi connectivity index (χ0v) is 39.0. The molecule has 2 aromatic rings. The molecular weight excluding hydrogens is 802 g/mol. The molecule has 0 aromatic heterocycles. The second-order valence-corrected chi connectivity index (χ2v) is 19.4. The van der Waals surface area contributed by atoms with Gasteiger partial charge in [-0.25, -0.2) is 14.4 Å². The van der Waals surface area contributed by atoms with E-state index in [2.05, 4.69) is 16.0 Å². The zero-order chi connectivity index (χ0) is 46.3.